The standard InChI is InChI=1S/C22H24FN5O4/c1-11-7-15-16(27-11)5-6-17(19(15)23)32-21-20-13(3)18(8-28(20)26-10-25-21)30-9-12(2)31-22(29)14(4)24/h5-8,10,12,14,27H,9,24H2,1-4H3/t12-,14?/m1/s1/i4D3,14D. The Morgan fingerprint density at radius 3 is 3.00 bits per heavy atom. The number of nitrogens with zero attached hydrogens (tertiary/aromatic N) is 3. The Bertz CT molecular complexity index is 1450. The van der Waals surface area contributed by atoms with Gasteiger partial charge in [-0.25, -0.2) is 8.91 Å². The van der Waals surface area contributed by atoms with E-state index in [0.29, 0.717) is 27.7 Å². The Morgan fingerprint density at radius 1 is 1.41 bits per heavy atom. The first-order chi connectivity index (χ1) is 16.8. The molecular weight excluding hydrogens is 417 g/mol. The molecule has 9 nitrogen and oxygen atoms in total. The molecular formula is C22H24FN5O4. The number of ether oxygens (including phenoxy) is 3. The summed E-state index contributed by atoms with van der Waals surface area (Å²) < 4.78 is 62.3. The molecule has 0 amide bonds. The first-order valence-corrected chi connectivity index (χ1v) is 9.71. The number of rotatable bonds is 7. The molecule has 0 radical (unpaired) electrons. The molecule has 0 fully saturated rings. The summed E-state index contributed by atoms with van der Waals surface area (Å²) in [7, 11) is 0. The number of aromatic amines is 1. The highest BCUT2D eigenvalue weighted by Crippen LogP contribution is 2.34. The fourth-order valence-electron chi connectivity index (χ4n) is 3.28. The summed E-state index contributed by atoms with van der Waals surface area (Å²) in [6.07, 6.45) is 1.88. The topological polar surface area (TPSA) is 117 Å². The number of H-pyrrole nitrogens is 1. The van der Waals surface area contributed by atoms with Crippen molar-refractivity contribution in [3.05, 3.63) is 47.8 Å². The summed E-state index contributed by atoms with van der Waals surface area (Å²) in [6.45, 7) is 1.79. The Balaban J connectivity index is 1.53. The summed E-state index contributed by atoms with van der Waals surface area (Å²) in [5.74, 6) is -1.49. The van der Waals surface area contributed by atoms with E-state index in [-0.39, 0.29) is 18.2 Å². The minimum Gasteiger partial charge on any atom is -0.488 e. The molecule has 168 valence electrons. The van der Waals surface area contributed by atoms with E-state index in [1.807, 2.05) is 6.92 Å². The third-order valence-electron chi connectivity index (χ3n) is 4.79. The van der Waals surface area contributed by atoms with Crippen LogP contribution in [0.5, 0.6) is 17.4 Å². The minimum atomic E-state index is -3.06. The zero-order valence-electron chi connectivity index (χ0n) is 21.6. The van der Waals surface area contributed by atoms with Gasteiger partial charge < -0.3 is 24.9 Å². The molecule has 3 aromatic heterocycles. The third kappa shape index (κ3) is 4.09. The number of nitrogens with one attached hydrogen (secondary N) is 1. The Hall–Kier alpha value is -3.66. The quantitative estimate of drug-likeness (QED) is 0.419. The zero-order chi connectivity index (χ0) is 26.4. The van der Waals surface area contributed by atoms with Crippen LogP contribution in [0.4, 0.5) is 4.39 Å². The highest BCUT2D eigenvalue weighted by molar-refractivity contribution is 5.83. The van der Waals surface area contributed by atoms with Gasteiger partial charge in [-0.3, -0.25) is 4.79 Å². The number of nitrogens with two attached hydrogens (primary N) is 1. The van der Waals surface area contributed by atoms with Crippen molar-refractivity contribution < 1.29 is 28.9 Å². The monoisotopic (exact) mass is 445 g/mol. The molecule has 10 heteroatoms. The maximum absolute atomic E-state index is 15.0. The van der Waals surface area contributed by atoms with Crippen molar-refractivity contribution in [2.24, 2.45) is 5.73 Å². The van der Waals surface area contributed by atoms with Crippen molar-refractivity contribution >= 4 is 22.4 Å². The van der Waals surface area contributed by atoms with E-state index in [9.17, 15) is 4.79 Å². The van der Waals surface area contributed by atoms with Gasteiger partial charge in [-0.2, -0.15) is 10.1 Å². The lowest BCUT2D eigenvalue weighted by Gasteiger charge is -2.15. The number of aromatic nitrogens is 4. The number of hydrogen-bond donors (Lipinski definition) is 2. The van der Waals surface area contributed by atoms with Gasteiger partial charge in [-0.05, 0) is 45.8 Å². The number of fused-ring (bicyclic) bond motifs is 2. The molecule has 0 aliphatic heterocycles. The molecule has 1 aromatic carbocycles. The maximum Gasteiger partial charge on any atom is 0.323 e. The van der Waals surface area contributed by atoms with Crippen molar-refractivity contribution in [3.63, 3.8) is 0 Å². The summed E-state index contributed by atoms with van der Waals surface area (Å²) in [5.41, 5.74) is 7.77. The normalized spacial score (nSPS) is 16.5. The molecule has 0 saturated carbocycles. The first-order valence-electron chi connectivity index (χ1n) is 11.7. The van der Waals surface area contributed by atoms with Gasteiger partial charge in [0.05, 0.1) is 7.57 Å². The van der Waals surface area contributed by atoms with E-state index in [1.54, 1.807) is 25.3 Å². The van der Waals surface area contributed by atoms with Gasteiger partial charge in [0.1, 0.15) is 36.3 Å². The Morgan fingerprint density at radius 2 is 2.22 bits per heavy atom. The molecule has 4 rings (SSSR count). The Kier molecular flexibility index (Phi) is 4.49. The van der Waals surface area contributed by atoms with Crippen LogP contribution in [0, 0.1) is 19.7 Å². The van der Waals surface area contributed by atoms with Crippen LogP contribution >= 0.6 is 0 Å². The minimum absolute atomic E-state index is 0.0133. The van der Waals surface area contributed by atoms with E-state index in [4.69, 9.17) is 25.4 Å². The van der Waals surface area contributed by atoms with Gasteiger partial charge in [0.2, 0.25) is 5.88 Å². The number of halogens is 1. The maximum atomic E-state index is 15.0. The van der Waals surface area contributed by atoms with Gasteiger partial charge >= 0.3 is 5.97 Å². The van der Waals surface area contributed by atoms with Crippen molar-refractivity contribution in [1.82, 2.24) is 19.6 Å². The van der Waals surface area contributed by atoms with Crippen LogP contribution in [0.1, 0.15) is 30.5 Å². The van der Waals surface area contributed by atoms with Crippen LogP contribution in [0.15, 0.2) is 30.7 Å². The molecule has 1 unspecified atom stereocenters. The molecule has 0 saturated heterocycles. The number of hydrogen-bond acceptors (Lipinski definition) is 7. The number of carbonyl (C=O) groups excluding carboxylic acids is 1. The lowest BCUT2D eigenvalue weighted by atomic mass is 10.2. The average molecular weight is 445 g/mol. The van der Waals surface area contributed by atoms with E-state index < -0.39 is 30.8 Å². The molecule has 0 bridgehead atoms. The molecule has 2 atom stereocenters. The fraction of sp³-hybridized carbons (Fsp3) is 0.318. The van der Waals surface area contributed by atoms with Gasteiger partial charge in [0, 0.05) is 26.3 Å². The number of aryl methyl sites for hydroxylation is 2. The van der Waals surface area contributed by atoms with E-state index in [0.717, 1.165) is 5.69 Å². The molecule has 4 aromatic rings. The van der Waals surface area contributed by atoms with Crippen molar-refractivity contribution in [2.75, 3.05) is 6.61 Å². The van der Waals surface area contributed by atoms with Crippen molar-refractivity contribution in [3.8, 4) is 17.4 Å². The second kappa shape index (κ2) is 8.46. The van der Waals surface area contributed by atoms with Crippen LogP contribution in [0.3, 0.4) is 0 Å². The highest BCUT2D eigenvalue weighted by atomic mass is 19.1. The molecule has 32 heavy (non-hydrogen) atoms. The van der Waals surface area contributed by atoms with E-state index in [2.05, 4.69) is 15.1 Å². The first kappa shape index (κ1) is 17.0. The molecule has 0 aliphatic carbocycles. The summed E-state index contributed by atoms with van der Waals surface area (Å²) in [4.78, 5) is 19.3. The van der Waals surface area contributed by atoms with Crippen LogP contribution < -0.4 is 15.2 Å². The van der Waals surface area contributed by atoms with Crippen LogP contribution in [-0.2, 0) is 9.53 Å². The third-order valence-corrected chi connectivity index (χ3v) is 4.79. The number of carbonyl (C=O) groups is 1. The number of esters is 1. The summed E-state index contributed by atoms with van der Waals surface area (Å²) in [6, 6.07) is 1.99. The second-order valence-corrected chi connectivity index (χ2v) is 7.31. The lowest BCUT2D eigenvalue weighted by Crippen LogP contribution is -2.33. The van der Waals surface area contributed by atoms with Gasteiger partial charge in [0.25, 0.3) is 0 Å². The van der Waals surface area contributed by atoms with Gasteiger partial charge in [-0.15, -0.1) is 0 Å². The predicted molar refractivity (Wildman–Crippen MR) is 115 cm³/mol. The smallest absolute Gasteiger partial charge is 0.323 e. The summed E-state index contributed by atoms with van der Waals surface area (Å²) in [5, 5.41) is 4.52. The van der Waals surface area contributed by atoms with Crippen LogP contribution in [-0.4, -0.2) is 44.3 Å². The molecule has 3 N–H and O–H groups in total. The highest BCUT2D eigenvalue weighted by Gasteiger charge is 2.19. The lowest BCUT2D eigenvalue weighted by molar-refractivity contribution is -0.150. The summed E-state index contributed by atoms with van der Waals surface area (Å²) >= 11 is 0. The molecule has 3 heterocycles. The molecule has 0 aliphatic rings. The average Bonchev–Trinajstić information content (AvgIpc) is 3.33. The van der Waals surface area contributed by atoms with Crippen LogP contribution in [0.2, 0.25) is 0 Å². The SMILES string of the molecule is [2H]C([2H])([2H])C([2H])(N)C(=O)O[C@H](C)COc1cn2ncnc(Oc3ccc4[nH]c(C)cc4c3F)c2c1C. The second-order valence-electron chi connectivity index (χ2n) is 7.31. The van der Waals surface area contributed by atoms with E-state index >= 15 is 4.39 Å². The van der Waals surface area contributed by atoms with E-state index in [1.165, 1.54) is 23.8 Å². The predicted octanol–water partition coefficient (Wildman–Crippen LogP) is 3.42. The van der Waals surface area contributed by atoms with Crippen LogP contribution in [0.25, 0.3) is 16.4 Å². The van der Waals surface area contributed by atoms with Crippen molar-refractivity contribution in [2.45, 2.75) is 39.7 Å². The fourth-order valence-corrected chi connectivity index (χ4v) is 3.28. The van der Waals surface area contributed by atoms with Gasteiger partial charge in [0.15, 0.2) is 11.6 Å². The Labute approximate surface area is 188 Å². The number of benzene rings is 1. The molecule has 0 spiro atoms. The van der Waals surface area contributed by atoms with Gasteiger partial charge in [-0.1, -0.05) is 0 Å². The largest absolute Gasteiger partial charge is 0.488 e. The van der Waals surface area contributed by atoms with Crippen molar-refractivity contribution in [1.29, 1.82) is 0 Å². The zero-order valence-corrected chi connectivity index (χ0v) is 17.6.